The van der Waals surface area contributed by atoms with E-state index in [1.165, 1.54) is 0 Å². The quantitative estimate of drug-likeness (QED) is 0.665. The van der Waals surface area contributed by atoms with Gasteiger partial charge in [0.25, 0.3) is 0 Å². The lowest BCUT2D eigenvalue weighted by Crippen LogP contribution is -2.46. The molecule has 0 saturated carbocycles. The lowest BCUT2D eigenvalue weighted by molar-refractivity contribution is 0.356. The Kier molecular flexibility index (Phi) is 4.73. The van der Waals surface area contributed by atoms with Gasteiger partial charge in [0.15, 0.2) is 5.82 Å². The summed E-state index contributed by atoms with van der Waals surface area (Å²) in [6.07, 6.45) is 0.481. The van der Waals surface area contributed by atoms with Crippen LogP contribution in [0.2, 0.25) is 5.02 Å². The van der Waals surface area contributed by atoms with Crippen molar-refractivity contribution in [3.8, 4) is 0 Å². The lowest BCUT2D eigenvalue weighted by atomic mass is 10.0. The minimum absolute atomic E-state index is 0.120. The molecule has 0 atom stereocenters. The van der Waals surface area contributed by atoms with Gasteiger partial charge in [-0.1, -0.05) is 18.5 Å². The van der Waals surface area contributed by atoms with Crippen LogP contribution in [0.1, 0.15) is 18.1 Å². The summed E-state index contributed by atoms with van der Waals surface area (Å²) < 4.78 is 14.4. The first-order chi connectivity index (χ1) is 9.60. The van der Waals surface area contributed by atoms with Gasteiger partial charge in [-0.3, -0.25) is 10.4 Å². The molecule has 108 valence electrons. The molecule has 1 saturated heterocycles. The standard InChI is InChI=1S/C14H18ClFN4/c1-3-9-11(15)8-10(13(18-2)12(9)16)14(17)20-6-4-19-5-7-20/h8,17,19H,2-7H2,1H3. The largest absolute Gasteiger partial charge is 0.354 e. The van der Waals surface area contributed by atoms with Gasteiger partial charge in [-0.05, 0) is 19.2 Å². The molecule has 2 rings (SSSR count). The van der Waals surface area contributed by atoms with Crippen LogP contribution in [-0.4, -0.2) is 43.6 Å². The van der Waals surface area contributed by atoms with E-state index >= 15 is 0 Å². The normalized spacial score (nSPS) is 15.2. The molecular weight excluding hydrogens is 279 g/mol. The van der Waals surface area contributed by atoms with Gasteiger partial charge < -0.3 is 10.2 Å². The van der Waals surface area contributed by atoms with Crippen molar-refractivity contribution in [2.75, 3.05) is 26.2 Å². The van der Waals surface area contributed by atoms with Crippen molar-refractivity contribution in [2.45, 2.75) is 13.3 Å². The van der Waals surface area contributed by atoms with E-state index in [0.717, 1.165) is 13.1 Å². The molecule has 0 amide bonds. The van der Waals surface area contributed by atoms with Gasteiger partial charge in [-0.25, -0.2) is 4.39 Å². The maximum Gasteiger partial charge on any atom is 0.154 e. The Labute approximate surface area is 123 Å². The van der Waals surface area contributed by atoms with Gasteiger partial charge in [0, 0.05) is 42.3 Å². The maximum atomic E-state index is 14.4. The van der Waals surface area contributed by atoms with Crippen LogP contribution in [0.4, 0.5) is 10.1 Å². The zero-order valence-corrected chi connectivity index (χ0v) is 12.2. The summed E-state index contributed by atoms with van der Waals surface area (Å²) in [5.41, 5.74) is 0.947. The van der Waals surface area contributed by atoms with E-state index in [1.54, 1.807) is 6.07 Å². The number of halogens is 2. The first-order valence-corrected chi connectivity index (χ1v) is 7.00. The smallest absolute Gasteiger partial charge is 0.154 e. The second kappa shape index (κ2) is 6.33. The molecule has 2 N–H and O–H groups in total. The summed E-state index contributed by atoms with van der Waals surface area (Å²) in [5.74, 6) is -0.220. The lowest BCUT2D eigenvalue weighted by Gasteiger charge is -2.30. The molecule has 1 aromatic rings. The molecule has 0 spiro atoms. The van der Waals surface area contributed by atoms with Crippen molar-refractivity contribution in [2.24, 2.45) is 4.99 Å². The minimum atomic E-state index is -0.468. The Morgan fingerprint density at radius 3 is 2.75 bits per heavy atom. The molecule has 0 unspecified atom stereocenters. The third-order valence-corrected chi connectivity index (χ3v) is 3.82. The summed E-state index contributed by atoms with van der Waals surface area (Å²) in [4.78, 5) is 5.66. The monoisotopic (exact) mass is 296 g/mol. The second-order valence-electron chi connectivity index (χ2n) is 4.64. The highest BCUT2D eigenvalue weighted by Crippen LogP contribution is 2.32. The fourth-order valence-corrected chi connectivity index (χ4v) is 2.69. The number of rotatable bonds is 3. The van der Waals surface area contributed by atoms with Crippen molar-refractivity contribution in [3.05, 3.63) is 28.0 Å². The SMILES string of the molecule is C=Nc1c(C(=N)N2CCNCC2)cc(Cl)c(CC)c1F. The van der Waals surface area contributed by atoms with Gasteiger partial charge in [-0.2, -0.15) is 0 Å². The van der Waals surface area contributed by atoms with Crippen LogP contribution >= 0.6 is 11.6 Å². The van der Waals surface area contributed by atoms with Crippen molar-refractivity contribution in [1.82, 2.24) is 10.2 Å². The van der Waals surface area contributed by atoms with Crippen LogP contribution in [0.15, 0.2) is 11.1 Å². The van der Waals surface area contributed by atoms with E-state index in [-0.39, 0.29) is 11.5 Å². The Hall–Kier alpha value is -1.46. The number of hydrogen-bond acceptors (Lipinski definition) is 3. The van der Waals surface area contributed by atoms with Crippen LogP contribution in [0.25, 0.3) is 0 Å². The van der Waals surface area contributed by atoms with Crippen LogP contribution < -0.4 is 5.32 Å². The van der Waals surface area contributed by atoms with E-state index in [1.807, 2.05) is 11.8 Å². The molecule has 0 radical (unpaired) electrons. The highest BCUT2D eigenvalue weighted by molar-refractivity contribution is 6.32. The minimum Gasteiger partial charge on any atom is -0.354 e. The number of piperazine rings is 1. The Morgan fingerprint density at radius 2 is 2.20 bits per heavy atom. The number of hydrogen-bond donors (Lipinski definition) is 2. The summed E-state index contributed by atoms with van der Waals surface area (Å²) in [7, 11) is 0. The van der Waals surface area contributed by atoms with Gasteiger partial charge >= 0.3 is 0 Å². The maximum absolute atomic E-state index is 14.4. The van der Waals surface area contributed by atoms with Gasteiger partial charge in [0.2, 0.25) is 0 Å². The van der Waals surface area contributed by atoms with Crippen molar-refractivity contribution in [3.63, 3.8) is 0 Å². The van der Waals surface area contributed by atoms with Gasteiger partial charge in [0.1, 0.15) is 11.5 Å². The topological polar surface area (TPSA) is 51.5 Å². The van der Waals surface area contributed by atoms with Crippen molar-refractivity contribution >= 4 is 29.8 Å². The summed E-state index contributed by atoms with van der Waals surface area (Å²) in [6.45, 7) is 8.30. The number of nitrogens with zero attached hydrogens (tertiary/aromatic N) is 2. The van der Waals surface area contributed by atoms with E-state index in [4.69, 9.17) is 17.0 Å². The number of nitrogens with one attached hydrogen (secondary N) is 2. The van der Waals surface area contributed by atoms with Crippen LogP contribution in [-0.2, 0) is 6.42 Å². The Balaban J connectivity index is 2.45. The van der Waals surface area contributed by atoms with Crippen molar-refractivity contribution in [1.29, 1.82) is 5.41 Å². The molecule has 4 nitrogen and oxygen atoms in total. The molecule has 1 aliphatic heterocycles. The number of aliphatic imine (C=N–C) groups is 1. The molecule has 0 bridgehead atoms. The van der Waals surface area contributed by atoms with Crippen LogP contribution in [0.5, 0.6) is 0 Å². The summed E-state index contributed by atoms with van der Waals surface area (Å²) in [6, 6.07) is 1.62. The molecule has 1 aliphatic rings. The zero-order valence-electron chi connectivity index (χ0n) is 11.5. The third-order valence-electron chi connectivity index (χ3n) is 3.49. The number of benzene rings is 1. The fourth-order valence-electron chi connectivity index (χ4n) is 2.37. The Morgan fingerprint density at radius 1 is 1.55 bits per heavy atom. The van der Waals surface area contributed by atoms with E-state index in [0.29, 0.717) is 35.7 Å². The van der Waals surface area contributed by atoms with E-state index < -0.39 is 5.82 Å². The third kappa shape index (κ3) is 2.69. The molecular formula is C14H18ClFN4. The molecule has 1 fully saturated rings. The molecule has 20 heavy (non-hydrogen) atoms. The molecule has 6 heteroatoms. The summed E-state index contributed by atoms with van der Waals surface area (Å²) >= 11 is 6.12. The number of amidine groups is 1. The average molecular weight is 297 g/mol. The van der Waals surface area contributed by atoms with E-state index in [2.05, 4.69) is 17.0 Å². The van der Waals surface area contributed by atoms with E-state index in [9.17, 15) is 4.39 Å². The second-order valence-corrected chi connectivity index (χ2v) is 5.05. The van der Waals surface area contributed by atoms with Gasteiger partial charge in [0.05, 0.1) is 0 Å². The first-order valence-electron chi connectivity index (χ1n) is 6.62. The Bertz CT molecular complexity index is 538. The average Bonchev–Trinajstić information content (AvgIpc) is 2.47. The zero-order chi connectivity index (χ0) is 14.7. The van der Waals surface area contributed by atoms with Gasteiger partial charge in [-0.15, -0.1) is 0 Å². The highest BCUT2D eigenvalue weighted by atomic mass is 35.5. The highest BCUT2D eigenvalue weighted by Gasteiger charge is 2.22. The fraction of sp³-hybridized carbons (Fsp3) is 0.429. The molecule has 0 aliphatic carbocycles. The van der Waals surface area contributed by atoms with Crippen LogP contribution in [0, 0.1) is 11.2 Å². The molecule has 1 aromatic carbocycles. The predicted octanol–water partition coefficient (Wildman–Crippen LogP) is 2.60. The predicted molar refractivity (Wildman–Crippen MR) is 81.3 cm³/mol. The molecule has 0 aromatic heterocycles. The first kappa shape index (κ1) is 14.9. The van der Waals surface area contributed by atoms with Crippen LogP contribution in [0.3, 0.4) is 0 Å². The molecule has 1 heterocycles. The van der Waals surface area contributed by atoms with Crippen molar-refractivity contribution < 1.29 is 4.39 Å². The summed E-state index contributed by atoms with van der Waals surface area (Å²) in [5, 5.41) is 11.8.